The lowest BCUT2D eigenvalue weighted by Crippen LogP contribution is -2.29. The Morgan fingerprint density at radius 1 is 0.814 bits per heavy atom. The van der Waals surface area contributed by atoms with Crippen molar-refractivity contribution in [1.29, 1.82) is 0 Å². The molecule has 1 aliphatic heterocycles. The van der Waals surface area contributed by atoms with E-state index in [1.165, 1.54) is 4.90 Å². The Kier molecular flexibility index (Phi) is 9.42. The van der Waals surface area contributed by atoms with E-state index in [0.29, 0.717) is 41.6 Å². The maximum absolute atomic E-state index is 13.6. The van der Waals surface area contributed by atoms with Crippen LogP contribution in [0.3, 0.4) is 0 Å². The zero-order chi connectivity index (χ0) is 30.2. The van der Waals surface area contributed by atoms with E-state index in [9.17, 15) is 14.7 Å². The van der Waals surface area contributed by atoms with Gasteiger partial charge in [0.2, 0.25) is 0 Å². The van der Waals surface area contributed by atoms with Crippen molar-refractivity contribution in [2.24, 2.45) is 0 Å². The standard InChI is InChI=1S/C36H35NO6/c1-3-4-20-42-29-17-11-16-28(21-29)34(38)32-33(37(36(40)35(32)39)23-25-12-7-5-8-13-25)27-18-19-30(31(22-27)41-2)43-24-26-14-9-6-10-15-26/h5-19,21-22,33,38H,3-4,20,23-24H2,1-2H3/b34-32+. The van der Waals surface area contributed by atoms with Crippen LogP contribution in [0.5, 0.6) is 17.2 Å². The number of Topliss-reactive ketones (excluding diaryl/α,β-unsaturated/α-hetero) is 1. The molecule has 1 fully saturated rings. The summed E-state index contributed by atoms with van der Waals surface area (Å²) in [5, 5.41) is 11.6. The first-order chi connectivity index (χ1) is 21.0. The Hall–Kier alpha value is -5.04. The van der Waals surface area contributed by atoms with Crippen LogP contribution in [0.25, 0.3) is 5.76 Å². The molecule has 7 heteroatoms. The summed E-state index contributed by atoms with van der Waals surface area (Å²) in [6, 6.07) is 30.6. The number of ketones is 1. The quantitative estimate of drug-likeness (QED) is 0.0839. The van der Waals surface area contributed by atoms with Crippen LogP contribution in [0.4, 0.5) is 0 Å². The van der Waals surface area contributed by atoms with E-state index < -0.39 is 17.7 Å². The second kappa shape index (κ2) is 13.7. The molecule has 220 valence electrons. The number of carbonyl (C=O) groups excluding carboxylic acids is 2. The van der Waals surface area contributed by atoms with Gasteiger partial charge in [0.1, 0.15) is 18.1 Å². The molecule has 43 heavy (non-hydrogen) atoms. The highest BCUT2D eigenvalue weighted by atomic mass is 16.5. The molecule has 4 aromatic rings. The van der Waals surface area contributed by atoms with Crippen molar-refractivity contribution in [2.45, 2.75) is 39.0 Å². The minimum absolute atomic E-state index is 0.00615. The second-order valence-electron chi connectivity index (χ2n) is 10.3. The lowest BCUT2D eigenvalue weighted by Gasteiger charge is -2.26. The number of carbonyl (C=O) groups is 2. The van der Waals surface area contributed by atoms with E-state index in [1.807, 2.05) is 60.7 Å². The number of amides is 1. The molecule has 7 nitrogen and oxygen atoms in total. The van der Waals surface area contributed by atoms with Crippen molar-refractivity contribution in [3.8, 4) is 17.2 Å². The number of likely N-dealkylation sites (tertiary alicyclic amines) is 1. The van der Waals surface area contributed by atoms with Crippen LogP contribution in [0.1, 0.15) is 48.1 Å². The molecule has 1 atom stereocenters. The number of hydrogen-bond acceptors (Lipinski definition) is 6. The van der Waals surface area contributed by atoms with Crippen molar-refractivity contribution in [3.05, 3.63) is 131 Å². The van der Waals surface area contributed by atoms with Crippen molar-refractivity contribution in [1.82, 2.24) is 4.90 Å². The van der Waals surface area contributed by atoms with Crippen LogP contribution >= 0.6 is 0 Å². The van der Waals surface area contributed by atoms with Gasteiger partial charge >= 0.3 is 0 Å². The zero-order valence-electron chi connectivity index (χ0n) is 24.4. The van der Waals surface area contributed by atoms with Crippen molar-refractivity contribution < 1.29 is 28.9 Å². The molecule has 0 aromatic heterocycles. The summed E-state index contributed by atoms with van der Waals surface area (Å²) < 4.78 is 17.6. The Morgan fingerprint density at radius 3 is 2.23 bits per heavy atom. The number of hydrogen-bond donors (Lipinski definition) is 1. The molecule has 1 amide bonds. The molecule has 0 saturated carbocycles. The van der Waals surface area contributed by atoms with Crippen LogP contribution in [-0.4, -0.2) is 35.4 Å². The third-order valence-electron chi connectivity index (χ3n) is 7.35. The Bertz CT molecular complexity index is 1600. The van der Waals surface area contributed by atoms with E-state index in [1.54, 1.807) is 49.6 Å². The van der Waals surface area contributed by atoms with E-state index in [4.69, 9.17) is 14.2 Å². The van der Waals surface area contributed by atoms with Gasteiger partial charge in [-0.25, -0.2) is 0 Å². The largest absolute Gasteiger partial charge is 0.507 e. The normalized spacial score (nSPS) is 15.9. The number of rotatable bonds is 12. The van der Waals surface area contributed by atoms with Crippen LogP contribution in [-0.2, 0) is 22.7 Å². The lowest BCUT2D eigenvalue weighted by molar-refractivity contribution is -0.140. The van der Waals surface area contributed by atoms with Gasteiger partial charge in [0.25, 0.3) is 11.7 Å². The minimum atomic E-state index is -0.859. The predicted octanol–water partition coefficient (Wildman–Crippen LogP) is 7.08. The molecule has 1 heterocycles. The molecular formula is C36H35NO6. The van der Waals surface area contributed by atoms with Crippen molar-refractivity contribution in [2.75, 3.05) is 13.7 Å². The number of aliphatic hydroxyl groups is 1. The van der Waals surface area contributed by atoms with Gasteiger partial charge in [-0.1, -0.05) is 92.2 Å². The van der Waals surface area contributed by atoms with E-state index in [0.717, 1.165) is 24.0 Å². The molecule has 0 spiro atoms. The molecule has 1 aliphatic rings. The smallest absolute Gasteiger partial charge is 0.295 e. The summed E-state index contributed by atoms with van der Waals surface area (Å²) in [7, 11) is 1.54. The van der Waals surface area contributed by atoms with Crippen molar-refractivity contribution >= 4 is 17.4 Å². The Balaban J connectivity index is 1.55. The van der Waals surface area contributed by atoms with Crippen LogP contribution in [0, 0.1) is 0 Å². The number of benzene rings is 4. The third kappa shape index (κ3) is 6.72. The van der Waals surface area contributed by atoms with E-state index in [-0.39, 0.29) is 17.9 Å². The fourth-order valence-corrected chi connectivity index (χ4v) is 5.10. The van der Waals surface area contributed by atoms with Gasteiger partial charge in [0.15, 0.2) is 11.5 Å². The number of ether oxygens (including phenoxy) is 3. The Labute approximate surface area is 252 Å². The summed E-state index contributed by atoms with van der Waals surface area (Å²) in [6.45, 7) is 3.15. The summed E-state index contributed by atoms with van der Waals surface area (Å²) in [6.07, 6.45) is 1.89. The van der Waals surface area contributed by atoms with Crippen LogP contribution in [0.2, 0.25) is 0 Å². The van der Waals surface area contributed by atoms with Gasteiger partial charge in [-0.05, 0) is 47.4 Å². The van der Waals surface area contributed by atoms with E-state index >= 15 is 0 Å². The maximum Gasteiger partial charge on any atom is 0.295 e. The Morgan fingerprint density at radius 2 is 1.53 bits per heavy atom. The number of methoxy groups -OCH3 is 1. The highest BCUT2D eigenvalue weighted by Crippen LogP contribution is 2.43. The molecule has 0 radical (unpaired) electrons. The molecule has 0 aliphatic carbocycles. The zero-order valence-corrected chi connectivity index (χ0v) is 24.4. The van der Waals surface area contributed by atoms with Gasteiger partial charge in [-0.15, -0.1) is 0 Å². The molecule has 0 bridgehead atoms. The summed E-state index contributed by atoms with van der Waals surface area (Å²) in [5.74, 6) is -0.150. The average molecular weight is 578 g/mol. The fourth-order valence-electron chi connectivity index (χ4n) is 5.10. The number of aliphatic hydroxyl groups excluding tert-OH is 1. The maximum atomic E-state index is 13.6. The average Bonchev–Trinajstić information content (AvgIpc) is 3.29. The molecule has 1 N–H and O–H groups in total. The first-order valence-corrected chi connectivity index (χ1v) is 14.4. The van der Waals surface area contributed by atoms with Crippen molar-refractivity contribution in [3.63, 3.8) is 0 Å². The molecular weight excluding hydrogens is 542 g/mol. The SMILES string of the molecule is CCCCOc1cccc(/C(O)=C2\C(=O)C(=O)N(Cc3ccccc3)C2c2ccc(OCc3ccccc3)c(OC)c2)c1. The first-order valence-electron chi connectivity index (χ1n) is 14.4. The number of nitrogens with zero attached hydrogens (tertiary/aromatic N) is 1. The van der Waals surface area contributed by atoms with Gasteiger partial charge in [-0.3, -0.25) is 9.59 Å². The lowest BCUT2D eigenvalue weighted by atomic mass is 9.94. The molecule has 1 saturated heterocycles. The van der Waals surface area contributed by atoms with Gasteiger partial charge in [0.05, 0.1) is 25.3 Å². The van der Waals surface area contributed by atoms with Gasteiger partial charge in [0, 0.05) is 12.1 Å². The van der Waals surface area contributed by atoms with Crippen LogP contribution < -0.4 is 14.2 Å². The van der Waals surface area contributed by atoms with E-state index in [2.05, 4.69) is 6.92 Å². The minimum Gasteiger partial charge on any atom is -0.507 e. The topological polar surface area (TPSA) is 85.3 Å². The first kappa shape index (κ1) is 29.5. The van der Waals surface area contributed by atoms with Crippen LogP contribution in [0.15, 0.2) is 109 Å². The number of unbranched alkanes of at least 4 members (excludes halogenated alkanes) is 1. The summed E-state index contributed by atoms with van der Waals surface area (Å²) in [5.41, 5.74) is 2.87. The highest BCUT2D eigenvalue weighted by molar-refractivity contribution is 6.46. The summed E-state index contributed by atoms with van der Waals surface area (Å²) >= 11 is 0. The monoisotopic (exact) mass is 577 g/mol. The van der Waals surface area contributed by atoms with Gasteiger partial charge in [-0.2, -0.15) is 0 Å². The summed E-state index contributed by atoms with van der Waals surface area (Å²) in [4.78, 5) is 28.6. The molecule has 5 rings (SSSR count). The van der Waals surface area contributed by atoms with Gasteiger partial charge < -0.3 is 24.2 Å². The fraction of sp³-hybridized carbons (Fsp3) is 0.222. The second-order valence-corrected chi connectivity index (χ2v) is 10.3. The molecule has 1 unspecified atom stereocenters. The molecule has 4 aromatic carbocycles. The third-order valence-corrected chi connectivity index (χ3v) is 7.35. The predicted molar refractivity (Wildman–Crippen MR) is 165 cm³/mol. The highest BCUT2D eigenvalue weighted by Gasteiger charge is 2.46.